The van der Waals surface area contributed by atoms with Crippen LogP contribution >= 0.6 is 0 Å². The first-order valence-corrected chi connectivity index (χ1v) is 10.9. The van der Waals surface area contributed by atoms with Crippen LogP contribution in [0.5, 0.6) is 0 Å². The van der Waals surface area contributed by atoms with Gasteiger partial charge in [0.2, 0.25) is 0 Å². The van der Waals surface area contributed by atoms with E-state index in [1.54, 1.807) is 0 Å². The van der Waals surface area contributed by atoms with Crippen LogP contribution < -0.4 is 0 Å². The largest absolute Gasteiger partial charge is 0.299 e. The zero-order chi connectivity index (χ0) is 16.8. The van der Waals surface area contributed by atoms with Crippen LogP contribution in [0.1, 0.15) is 103 Å². The molecule has 0 bridgehead atoms. The van der Waals surface area contributed by atoms with E-state index < -0.39 is 0 Å². The summed E-state index contributed by atoms with van der Waals surface area (Å²) in [6, 6.07) is 0. The molecule has 3 rings (SSSR count). The maximum absolute atomic E-state index is 12.8. The molecule has 0 N–H and O–H groups in total. The fourth-order valence-corrected chi connectivity index (χ4v) is 5.62. The maximum atomic E-state index is 12.8. The molecule has 0 aromatic carbocycles. The Morgan fingerprint density at radius 1 is 0.667 bits per heavy atom. The van der Waals surface area contributed by atoms with E-state index in [2.05, 4.69) is 6.58 Å². The average molecular weight is 331 g/mol. The minimum atomic E-state index is 0.355. The highest BCUT2D eigenvalue weighted by Gasteiger charge is 2.30. The lowest BCUT2D eigenvalue weighted by Crippen LogP contribution is -2.26. The van der Waals surface area contributed by atoms with Crippen molar-refractivity contribution >= 4 is 5.78 Å². The number of ketones is 1. The molecule has 3 aliphatic rings. The van der Waals surface area contributed by atoms with Gasteiger partial charge in [0.25, 0.3) is 0 Å². The molecular formula is C23H38O. The summed E-state index contributed by atoms with van der Waals surface area (Å²) < 4.78 is 0. The summed E-state index contributed by atoms with van der Waals surface area (Å²) in [5, 5.41) is 0. The fourth-order valence-electron chi connectivity index (χ4n) is 5.62. The van der Waals surface area contributed by atoms with Gasteiger partial charge in [-0.25, -0.2) is 0 Å². The van der Waals surface area contributed by atoms with Gasteiger partial charge in [0.05, 0.1) is 0 Å². The molecule has 0 heterocycles. The number of hydrogen-bond acceptors (Lipinski definition) is 1. The van der Waals surface area contributed by atoms with E-state index in [0.29, 0.717) is 23.5 Å². The number of carbonyl (C=O) groups excluding carboxylic acids is 1. The van der Waals surface area contributed by atoms with Crippen LogP contribution in [0.2, 0.25) is 0 Å². The molecule has 0 spiro atoms. The third-order valence-electron chi connectivity index (χ3n) is 7.20. The van der Waals surface area contributed by atoms with Crippen LogP contribution in [0.3, 0.4) is 0 Å². The molecule has 1 heteroatoms. The number of rotatable bonds is 6. The Labute approximate surface area is 149 Å². The molecule has 3 saturated carbocycles. The SMILES string of the molecule is C=C(CC1CCCCC1)C1CCCC(C(=O)CC2CCCCC2)C1. The van der Waals surface area contributed by atoms with Crippen LogP contribution in [0.25, 0.3) is 0 Å². The van der Waals surface area contributed by atoms with E-state index in [1.807, 2.05) is 0 Å². The Kier molecular flexibility index (Phi) is 6.98. The van der Waals surface area contributed by atoms with E-state index in [1.165, 1.54) is 89.0 Å². The summed E-state index contributed by atoms with van der Waals surface area (Å²) in [5.41, 5.74) is 1.48. The van der Waals surface area contributed by atoms with E-state index in [4.69, 9.17) is 0 Å². The van der Waals surface area contributed by atoms with Gasteiger partial charge in [-0.15, -0.1) is 0 Å². The second kappa shape index (κ2) is 9.20. The summed E-state index contributed by atoms with van der Waals surface area (Å²) in [5.74, 6) is 3.19. The summed E-state index contributed by atoms with van der Waals surface area (Å²) in [6.45, 7) is 4.47. The quantitative estimate of drug-likeness (QED) is 0.486. The van der Waals surface area contributed by atoms with Crippen molar-refractivity contribution in [3.63, 3.8) is 0 Å². The minimum absolute atomic E-state index is 0.355. The van der Waals surface area contributed by atoms with Crippen molar-refractivity contribution in [2.24, 2.45) is 23.7 Å². The van der Waals surface area contributed by atoms with Crippen LogP contribution in [-0.2, 0) is 4.79 Å². The molecule has 0 amide bonds. The Morgan fingerprint density at radius 2 is 1.21 bits per heavy atom. The molecule has 0 aromatic rings. The average Bonchev–Trinajstić information content (AvgIpc) is 2.63. The number of allylic oxidation sites excluding steroid dienone is 1. The van der Waals surface area contributed by atoms with Gasteiger partial charge in [-0.05, 0) is 43.4 Å². The number of hydrogen-bond donors (Lipinski definition) is 0. The Balaban J connectivity index is 1.45. The molecule has 24 heavy (non-hydrogen) atoms. The third-order valence-corrected chi connectivity index (χ3v) is 7.20. The van der Waals surface area contributed by atoms with E-state index >= 15 is 0 Å². The molecule has 0 saturated heterocycles. The maximum Gasteiger partial charge on any atom is 0.136 e. The topological polar surface area (TPSA) is 17.1 Å². The first-order chi connectivity index (χ1) is 11.7. The van der Waals surface area contributed by atoms with Gasteiger partial charge in [0, 0.05) is 12.3 Å². The highest BCUT2D eigenvalue weighted by molar-refractivity contribution is 5.81. The van der Waals surface area contributed by atoms with Crippen LogP contribution in [0.4, 0.5) is 0 Å². The lowest BCUT2D eigenvalue weighted by molar-refractivity contribution is -0.125. The normalized spacial score (nSPS) is 30.2. The van der Waals surface area contributed by atoms with Crippen LogP contribution in [-0.4, -0.2) is 5.78 Å². The van der Waals surface area contributed by atoms with Gasteiger partial charge in [0.1, 0.15) is 5.78 Å². The van der Waals surface area contributed by atoms with E-state index in [9.17, 15) is 4.79 Å². The Morgan fingerprint density at radius 3 is 1.83 bits per heavy atom. The van der Waals surface area contributed by atoms with Gasteiger partial charge >= 0.3 is 0 Å². The number of carbonyl (C=O) groups is 1. The molecule has 3 aliphatic carbocycles. The molecule has 0 aromatic heterocycles. The Hall–Kier alpha value is -0.590. The van der Waals surface area contributed by atoms with E-state index in [-0.39, 0.29) is 0 Å². The molecule has 3 fully saturated rings. The van der Waals surface area contributed by atoms with Crippen molar-refractivity contribution in [3.8, 4) is 0 Å². The zero-order valence-corrected chi connectivity index (χ0v) is 15.7. The van der Waals surface area contributed by atoms with Crippen molar-refractivity contribution < 1.29 is 4.79 Å². The summed E-state index contributed by atoms with van der Waals surface area (Å²) >= 11 is 0. The van der Waals surface area contributed by atoms with E-state index in [0.717, 1.165) is 25.2 Å². The summed E-state index contributed by atoms with van der Waals surface area (Å²) in [6.07, 6.45) is 20.7. The molecular weight excluding hydrogens is 292 g/mol. The summed E-state index contributed by atoms with van der Waals surface area (Å²) in [4.78, 5) is 12.8. The fraction of sp³-hybridized carbons (Fsp3) is 0.870. The second-order valence-electron chi connectivity index (χ2n) is 9.10. The van der Waals surface area contributed by atoms with Gasteiger partial charge in [-0.2, -0.15) is 0 Å². The second-order valence-corrected chi connectivity index (χ2v) is 9.10. The zero-order valence-electron chi connectivity index (χ0n) is 15.7. The lowest BCUT2D eigenvalue weighted by atomic mass is 9.72. The first kappa shape index (κ1) is 18.2. The van der Waals surface area contributed by atoms with Gasteiger partial charge in [-0.1, -0.05) is 82.8 Å². The molecule has 1 nitrogen and oxygen atoms in total. The third kappa shape index (κ3) is 5.20. The first-order valence-electron chi connectivity index (χ1n) is 10.9. The summed E-state index contributed by atoms with van der Waals surface area (Å²) in [7, 11) is 0. The van der Waals surface area contributed by atoms with Crippen molar-refractivity contribution in [1.29, 1.82) is 0 Å². The molecule has 0 aliphatic heterocycles. The van der Waals surface area contributed by atoms with Gasteiger partial charge in [0.15, 0.2) is 0 Å². The number of Topliss-reactive ketones (excluding diaryl/α,β-unsaturated/α-hetero) is 1. The van der Waals surface area contributed by atoms with Gasteiger partial charge < -0.3 is 0 Å². The monoisotopic (exact) mass is 330 g/mol. The smallest absolute Gasteiger partial charge is 0.136 e. The highest BCUT2D eigenvalue weighted by atomic mass is 16.1. The lowest BCUT2D eigenvalue weighted by Gasteiger charge is -2.33. The standard InChI is InChI=1S/C23H38O/c1-18(15-19-9-4-2-5-10-19)21-13-8-14-22(17-21)23(24)16-20-11-6-3-7-12-20/h19-22H,1-17H2. The van der Waals surface area contributed by atoms with Gasteiger partial charge in [-0.3, -0.25) is 4.79 Å². The van der Waals surface area contributed by atoms with Crippen molar-refractivity contribution in [2.75, 3.05) is 0 Å². The molecule has 2 atom stereocenters. The van der Waals surface area contributed by atoms with Crippen molar-refractivity contribution in [1.82, 2.24) is 0 Å². The van der Waals surface area contributed by atoms with Crippen molar-refractivity contribution in [3.05, 3.63) is 12.2 Å². The predicted octanol–water partition coefficient (Wildman–Crippen LogP) is 6.86. The molecule has 0 radical (unpaired) electrons. The van der Waals surface area contributed by atoms with Crippen LogP contribution in [0, 0.1) is 23.7 Å². The molecule has 136 valence electrons. The predicted molar refractivity (Wildman–Crippen MR) is 102 cm³/mol. The highest BCUT2D eigenvalue weighted by Crippen LogP contribution is 2.39. The van der Waals surface area contributed by atoms with Crippen molar-refractivity contribution in [2.45, 2.75) is 103 Å². The Bertz CT molecular complexity index is 374. The van der Waals surface area contributed by atoms with Crippen LogP contribution in [0.15, 0.2) is 12.2 Å². The molecule has 2 unspecified atom stereocenters. The minimum Gasteiger partial charge on any atom is -0.299 e.